The van der Waals surface area contributed by atoms with E-state index < -0.39 is 47.6 Å². The molecule has 0 bridgehead atoms. The maximum Gasteiger partial charge on any atom is 0.253 e. The number of rotatable bonds is 10. The van der Waals surface area contributed by atoms with Crippen LogP contribution in [0.1, 0.15) is 39.3 Å². The predicted octanol–water partition coefficient (Wildman–Crippen LogP) is 5.14. The first-order valence-electron chi connectivity index (χ1n) is 18.0. The summed E-state index contributed by atoms with van der Waals surface area (Å²) in [6.45, 7) is 10.3. The van der Waals surface area contributed by atoms with Gasteiger partial charge >= 0.3 is 0 Å². The van der Waals surface area contributed by atoms with Crippen LogP contribution in [0, 0.1) is 11.8 Å². The van der Waals surface area contributed by atoms with Crippen LogP contribution < -0.4 is 19.4 Å². The maximum atomic E-state index is 15.1. The van der Waals surface area contributed by atoms with Gasteiger partial charge in [0.15, 0.2) is 0 Å². The van der Waals surface area contributed by atoms with Crippen molar-refractivity contribution in [1.29, 1.82) is 0 Å². The van der Waals surface area contributed by atoms with Crippen LogP contribution in [-0.2, 0) is 19.1 Å². The Morgan fingerprint density at radius 2 is 1.41 bits per heavy atom. The highest BCUT2D eigenvalue weighted by molar-refractivity contribution is 6.08. The van der Waals surface area contributed by atoms with E-state index in [-0.39, 0.29) is 18.4 Å². The number of benzene rings is 3. The van der Waals surface area contributed by atoms with Gasteiger partial charge in [-0.25, -0.2) is 0 Å². The minimum atomic E-state index is -1.48. The monoisotopic (exact) mass is 690 g/mol. The van der Waals surface area contributed by atoms with Gasteiger partial charge in [0.2, 0.25) is 11.8 Å². The standard InChI is InChI=1S/C41H46N4O6/c1-5-42(6-2)29-15-17-30(18-16-29)44-26-12-24-41-35(38(48)45(36(41)39(44)49)33(27-46)28-13-9-8-10-14-28)34-37(47)43(25-11-23-40(34,4)51-41)31-19-21-32(22-20-31)50-7-3/h8-24,33-36,46H,5-7,25-27H2,1-4H3/t33-,34-,35+,36?,40+,41+/m1/s1. The zero-order valence-electron chi connectivity index (χ0n) is 29.6. The molecule has 10 heteroatoms. The number of anilines is 3. The van der Waals surface area contributed by atoms with Crippen molar-refractivity contribution in [2.75, 3.05) is 54.1 Å². The molecule has 0 saturated carbocycles. The predicted molar refractivity (Wildman–Crippen MR) is 197 cm³/mol. The summed E-state index contributed by atoms with van der Waals surface area (Å²) < 4.78 is 12.7. The SMILES string of the molecule is CCOc1ccc(N2CC=C[C@]3(C)O[C@]45C=CCN(c6ccc(N(CC)CC)cc6)C(=O)C4N([C@H](CO)c4ccccc4)C(=O)[C@@H]5[C@@H]3C2=O)cc1. The first-order chi connectivity index (χ1) is 24.7. The Hall–Kier alpha value is -4.93. The fraction of sp³-hybridized carbons (Fsp3) is 0.390. The molecule has 10 nitrogen and oxygen atoms in total. The second-order valence-corrected chi connectivity index (χ2v) is 13.7. The lowest BCUT2D eigenvalue weighted by Crippen LogP contribution is -2.57. The van der Waals surface area contributed by atoms with Gasteiger partial charge in [-0.05, 0) is 81.8 Å². The lowest BCUT2D eigenvalue weighted by atomic mass is 9.74. The van der Waals surface area contributed by atoms with Crippen molar-refractivity contribution in [2.45, 2.75) is 51.0 Å². The van der Waals surface area contributed by atoms with E-state index in [0.29, 0.717) is 35.8 Å². The molecule has 0 radical (unpaired) electrons. The Bertz CT molecular complexity index is 1820. The molecular weight excluding hydrogens is 644 g/mol. The van der Waals surface area contributed by atoms with E-state index in [4.69, 9.17) is 9.47 Å². The molecule has 51 heavy (non-hydrogen) atoms. The van der Waals surface area contributed by atoms with Crippen molar-refractivity contribution in [1.82, 2.24) is 4.90 Å². The number of fused-ring (bicyclic) bond motifs is 2. The molecule has 7 rings (SSSR count). The quantitative estimate of drug-likeness (QED) is 0.294. The highest BCUT2D eigenvalue weighted by Gasteiger charge is 2.75. The van der Waals surface area contributed by atoms with Gasteiger partial charge in [-0.15, -0.1) is 0 Å². The van der Waals surface area contributed by atoms with E-state index in [0.717, 1.165) is 18.8 Å². The highest BCUT2D eigenvalue weighted by Crippen LogP contribution is 2.59. The van der Waals surface area contributed by atoms with Crippen LogP contribution in [-0.4, -0.2) is 84.4 Å². The van der Waals surface area contributed by atoms with Gasteiger partial charge in [-0.2, -0.15) is 0 Å². The zero-order valence-corrected chi connectivity index (χ0v) is 29.6. The van der Waals surface area contributed by atoms with Crippen molar-refractivity contribution < 1.29 is 29.0 Å². The number of hydrogen-bond donors (Lipinski definition) is 1. The Morgan fingerprint density at radius 3 is 2.02 bits per heavy atom. The first kappa shape index (κ1) is 34.5. The fourth-order valence-electron chi connectivity index (χ4n) is 8.61. The number of carbonyl (C=O) groups excluding carboxylic acids is 3. The first-order valence-corrected chi connectivity index (χ1v) is 18.0. The van der Waals surface area contributed by atoms with Crippen molar-refractivity contribution in [3.05, 3.63) is 109 Å². The maximum absolute atomic E-state index is 15.1. The molecule has 1 unspecified atom stereocenters. The summed E-state index contributed by atoms with van der Waals surface area (Å²) in [6, 6.07) is 22.4. The van der Waals surface area contributed by atoms with Crippen LogP contribution in [0.5, 0.6) is 5.75 Å². The number of ether oxygens (including phenoxy) is 2. The normalized spacial score (nSPS) is 27.5. The Balaban J connectivity index is 1.33. The van der Waals surface area contributed by atoms with Crippen molar-refractivity contribution in [3.63, 3.8) is 0 Å². The third-order valence-electron chi connectivity index (χ3n) is 10.9. The second kappa shape index (κ2) is 13.7. The topological polar surface area (TPSA) is 103 Å². The van der Waals surface area contributed by atoms with E-state index in [1.54, 1.807) is 9.80 Å². The number of nitrogens with zero attached hydrogens (tertiary/aromatic N) is 4. The van der Waals surface area contributed by atoms with Gasteiger partial charge in [0.25, 0.3) is 5.91 Å². The van der Waals surface area contributed by atoms with E-state index in [9.17, 15) is 9.90 Å². The van der Waals surface area contributed by atoms with Crippen LogP contribution in [0.25, 0.3) is 0 Å². The molecular formula is C41H46N4O6. The Labute approximate surface area is 299 Å². The summed E-state index contributed by atoms with van der Waals surface area (Å²) in [5.74, 6) is -2.28. The van der Waals surface area contributed by atoms with E-state index in [1.165, 1.54) is 4.90 Å². The van der Waals surface area contributed by atoms with Crippen LogP contribution in [0.3, 0.4) is 0 Å². The van der Waals surface area contributed by atoms with Crippen LogP contribution in [0.15, 0.2) is 103 Å². The molecule has 6 atom stereocenters. The third-order valence-corrected chi connectivity index (χ3v) is 10.9. The summed E-state index contributed by atoms with van der Waals surface area (Å²) in [6.07, 6.45) is 7.49. The smallest absolute Gasteiger partial charge is 0.253 e. The van der Waals surface area contributed by atoms with Crippen molar-refractivity contribution in [2.24, 2.45) is 11.8 Å². The number of hydrogen-bond acceptors (Lipinski definition) is 7. The molecule has 1 spiro atoms. The van der Waals surface area contributed by atoms with Gasteiger partial charge in [-0.3, -0.25) is 14.4 Å². The highest BCUT2D eigenvalue weighted by atomic mass is 16.5. The van der Waals surface area contributed by atoms with E-state index >= 15 is 9.59 Å². The average Bonchev–Trinajstić information content (AvgIpc) is 3.41. The molecule has 2 saturated heterocycles. The van der Waals surface area contributed by atoms with Gasteiger partial charge in [0.05, 0.1) is 36.7 Å². The van der Waals surface area contributed by atoms with Crippen molar-refractivity contribution >= 4 is 34.8 Å². The summed E-state index contributed by atoms with van der Waals surface area (Å²) in [4.78, 5) is 52.2. The summed E-state index contributed by atoms with van der Waals surface area (Å²) in [7, 11) is 0. The van der Waals surface area contributed by atoms with Gasteiger partial charge < -0.3 is 34.2 Å². The molecule has 4 aliphatic rings. The molecule has 3 aromatic carbocycles. The average molecular weight is 691 g/mol. The number of aliphatic hydroxyl groups is 1. The summed E-state index contributed by atoms with van der Waals surface area (Å²) >= 11 is 0. The number of likely N-dealkylation sites (tertiary alicyclic amines) is 1. The fourth-order valence-corrected chi connectivity index (χ4v) is 8.61. The third kappa shape index (κ3) is 5.61. The molecule has 3 aromatic rings. The lowest BCUT2D eigenvalue weighted by Gasteiger charge is -2.40. The molecule has 0 aromatic heterocycles. The Kier molecular flexibility index (Phi) is 9.24. The number of carbonyl (C=O) groups is 3. The van der Waals surface area contributed by atoms with E-state index in [2.05, 4.69) is 18.7 Å². The van der Waals surface area contributed by atoms with Gasteiger partial charge in [0.1, 0.15) is 17.4 Å². The van der Waals surface area contributed by atoms with E-state index in [1.807, 2.05) is 117 Å². The van der Waals surface area contributed by atoms with Crippen LogP contribution in [0.2, 0.25) is 0 Å². The van der Waals surface area contributed by atoms with Gasteiger partial charge in [-0.1, -0.05) is 54.6 Å². The number of amides is 3. The van der Waals surface area contributed by atoms with Gasteiger partial charge in [0, 0.05) is 43.2 Å². The number of aliphatic hydroxyl groups excluding tert-OH is 1. The molecule has 4 heterocycles. The minimum absolute atomic E-state index is 0.248. The molecule has 2 fully saturated rings. The molecule has 4 aliphatic heterocycles. The Morgan fingerprint density at radius 1 is 0.804 bits per heavy atom. The summed E-state index contributed by atoms with van der Waals surface area (Å²) in [5.41, 5.74) is 0.425. The molecule has 0 aliphatic carbocycles. The largest absolute Gasteiger partial charge is 0.494 e. The van der Waals surface area contributed by atoms with Crippen LogP contribution in [0.4, 0.5) is 17.1 Å². The minimum Gasteiger partial charge on any atom is -0.494 e. The molecule has 1 N–H and O–H groups in total. The van der Waals surface area contributed by atoms with Crippen molar-refractivity contribution in [3.8, 4) is 5.75 Å². The lowest BCUT2D eigenvalue weighted by molar-refractivity contribution is -0.148. The van der Waals surface area contributed by atoms with Crippen LogP contribution >= 0.6 is 0 Å². The molecule has 266 valence electrons. The second-order valence-electron chi connectivity index (χ2n) is 13.7. The zero-order chi connectivity index (χ0) is 35.9. The summed E-state index contributed by atoms with van der Waals surface area (Å²) in [5, 5.41) is 10.9. The molecule has 3 amide bonds.